The smallest absolute Gasteiger partial charge is 0.247 e. The summed E-state index contributed by atoms with van der Waals surface area (Å²) in [5, 5.41) is 2.82. The monoisotopic (exact) mass is 574 g/mol. The van der Waals surface area contributed by atoms with Crippen LogP contribution >= 0.6 is 31.9 Å². The number of anilines is 1. The maximum atomic E-state index is 13.1. The Kier molecular flexibility index (Phi) is 6.07. The summed E-state index contributed by atoms with van der Waals surface area (Å²) in [5.41, 5.74) is 1.65. The van der Waals surface area contributed by atoms with Crippen molar-refractivity contribution in [1.82, 2.24) is 4.90 Å². The number of halogens is 2. The first kappa shape index (κ1) is 22.6. The highest BCUT2D eigenvalue weighted by atomic mass is 79.9. The molecule has 6 nitrogen and oxygen atoms in total. The van der Waals surface area contributed by atoms with Crippen LogP contribution in [-0.2, 0) is 21.0 Å². The van der Waals surface area contributed by atoms with Gasteiger partial charge < -0.3 is 10.1 Å². The van der Waals surface area contributed by atoms with Gasteiger partial charge in [-0.3, -0.25) is 19.3 Å². The number of alkyl halides is 2. The molecule has 0 radical (unpaired) electrons. The van der Waals surface area contributed by atoms with Crippen LogP contribution in [0.1, 0.15) is 18.9 Å². The molecule has 33 heavy (non-hydrogen) atoms. The van der Waals surface area contributed by atoms with Gasteiger partial charge in [-0.15, -0.1) is 0 Å². The lowest BCUT2D eigenvalue weighted by atomic mass is 9.81. The first-order chi connectivity index (χ1) is 15.9. The molecule has 1 aliphatic heterocycles. The molecular weight excluding hydrogens is 552 g/mol. The van der Waals surface area contributed by atoms with E-state index in [1.165, 1.54) is 4.90 Å². The summed E-state index contributed by atoms with van der Waals surface area (Å²) in [6, 6.07) is 16.1. The van der Waals surface area contributed by atoms with Gasteiger partial charge in [-0.25, -0.2) is 0 Å². The summed E-state index contributed by atoms with van der Waals surface area (Å²) in [7, 11) is 0. The molecule has 0 unspecified atom stereocenters. The first-order valence-electron chi connectivity index (χ1n) is 11.1. The fourth-order valence-corrected chi connectivity index (χ4v) is 7.37. The molecule has 3 fully saturated rings. The van der Waals surface area contributed by atoms with E-state index in [1.807, 2.05) is 30.3 Å². The van der Waals surface area contributed by atoms with E-state index in [9.17, 15) is 14.4 Å². The summed E-state index contributed by atoms with van der Waals surface area (Å²) in [6.07, 6.45) is 0.867. The van der Waals surface area contributed by atoms with Gasteiger partial charge >= 0.3 is 0 Å². The van der Waals surface area contributed by atoms with Crippen molar-refractivity contribution in [3.63, 3.8) is 0 Å². The molecule has 3 aliphatic rings. The molecule has 172 valence electrons. The zero-order chi connectivity index (χ0) is 23.3. The van der Waals surface area contributed by atoms with Crippen LogP contribution in [0.3, 0.4) is 0 Å². The number of rotatable bonds is 6. The fourth-order valence-electron chi connectivity index (χ4n) is 5.49. The Morgan fingerprint density at radius 2 is 1.58 bits per heavy atom. The number of carbonyl (C=O) groups is 3. The number of ether oxygens (including phenoxy) is 1. The molecular formula is C25H24Br2N2O4. The number of hydrogen-bond donors (Lipinski definition) is 1. The third-order valence-corrected chi connectivity index (χ3v) is 10.4. The van der Waals surface area contributed by atoms with E-state index in [4.69, 9.17) is 4.74 Å². The topological polar surface area (TPSA) is 75.7 Å². The van der Waals surface area contributed by atoms with Crippen LogP contribution in [0.2, 0.25) is 0 Å². The summed E-state index contributed by atoms with van der Waals surface area (Å²) in [6.45, 7) is 2.07. The van der Waals surface area contributed by atoms with Crippen LogP contribution in [0.25, 0.3) is 0 Å². The number of imide groups is 1. The van der Waals surface area contributed by atoms with Gasteiger partial charge in [-0.2, -0.15) is 0 Å². The van der Waals surface area contributed by atoms with Crippen molar-refractivity contribution in [1.29, 1.82) is 0 Å². The zero-order valence-corrected chi connectivity index (χ0v) is 21.2. The van der Waals surface area contributed by atoms with Gasteiger partial charge in [0.05, 0.1) is 11.8 Å². The summed E-state index contributed by atoms with van der Waals surface area (Å²) in [5.74, 6) is -0.509. The summed E-state index contributed by atoms with van der Waals surface area (Å²) in [4.78, 5) is 40.7. The largest absolute Gasteiger partial charge is 0.489 e. The van der Waals surface area contributed by atoms with Crippen molar-refractivity contribution in [2.45, 2.75) is 35.6 Å². The molecule has 3 amide bonds. The predicted molar refractivity (Wildman–Crippen MR) is 131 cm³/mol. The van der Waals surface area contributed by atoms with Crippen LogP contribution < -0.4 is 10.1 Å². The van der Waals surface area contributed by atoms with Gasteiger partial charge in [-0.05, 0) is 55.0 Å². The first-order valence-corrected chi connectivity index (χ1v) is 12.9. The Morgan fingerprint density at radius 1 is 1.00 bits per heavy atom. The van der Waals surface area contributed by atoms with Crippen molar-refractivity contribution in [3.8, 4) is 5.75 Å². The van der Waals surface area contributed by atoms with Gasteiger partial charge in [0.25, 0.3) is 0 Å². The minimum atomic E-state index is -0.869. The average Bonchev–Trinajstić information content (AvgIpc) is 3.43. The molecule has 2 aliphatic carbocycles. The average molecular weight is 576 g/mol. The molecule has 7 atom stereocenters. The second-order valence-corrected chi connectivity index (χ2v) is 11.1. The van der Waals surface area contributed by atoms with E-state index < -0.39 is 6.04 Å². The van der Waals surface area contributed by atoms with Crippen molar-refractivity contribution in [2.24, 2.45) is 23.7 Å². The van der Waals surface area contributed by atoms with Crippen LogP contribution in [0, 0.1) is 23.7 Å². The molecule has 1 N–H and O–H groups in total. The molecule has 2 saturated carbocycles. The van der Waals surface area contributed by atoms with E-state index in [-0.39, 0.29) is 51.0 Å². The van der Waals surface area contributed by atoms with E-state index in [0.29, 0.717) is 18.0 Å². The number of hydrogen-bond acceptors (Lipinski definition) is 4. The molecule has 2 aromatic carbocycles. The number of fused-ring (bicyclic) bond motifs is 5. The Hall–Kier alpha value is -2.19. The van der Waals surface area contributed by atoms with Crippen molar-refractivity contribution < 1.29 is 19.1 Å². The lowest BCUT2D eigenvalue weighted by molar-refractivity contribution is -0.146. The van der Waals surface area contributed by atoms with Crippen LogP contribution in [-0.4, -0.2) is 38.3 Å². The molecule has 5 rings (SSSR count). The van der Waals surface area contributed by atoms with Crippen molar-refractivity contribution >= 4 is 55.3 Å². The summed E-state index contributed by atoms with van der Waals surface area (Å²) < 4.78 is 5.78. The second-order valence-electron chi connectivity index (χ2n) is 9.01. The Labute approximate surface area is 209 Å². The van der Waals surface area contributed by atoms with Crippen LogP contribution in [0.15, 0.2) is 54.6 Å². The molecule has 0 aromatic heterocycles. The third kappa shape index (κ3) is 3.91. The lowest BCUT2D eigenvalue weighted by Gasteiger charge is -2.28. The van der Waals surface area contributed by atoms with Gasteiger partial charge in [0, 0.05) is 15.3 Å². The van der Waals surface area contributed by atoms with E-state index in [2.05, 4.69) is 37.2 Å². The van der Waals surface area contributed by atoms with E-state index in [1.54, 1.807) is 31.2 Å². The molecule has 2 aromatic rings. The van der Waals surface area contributed by atoms with Gasteiger partial charge in [-0.1, -0.05) is 62.2 Å². The van der Waals surface area contributed by atoms with Gasteiger partial charge in [0.1, 0.15) is 18.4 Å². The molecule has 0 spiro atoms. The van der Waals surface area contributed by atoms with Crippen molar-refractivity contribution in [3.05, 3.63) is 60.2 Å². The van der Waals surface area contributed by atoms with Gasteiger partial charge in [0.15, 0.2) is 0 Å². The van der Waals surface area contributed by atoms with Gasteiger partial charge in [0.2, 0.25) is 17.7 Å². The number of carbonyl (C=O) groups excluding carboxylic acids is 3. The Balaban J connectivity index is 1.21. The molecule has 2 bridgehead atoms. The highest BCUT2D eigenvalue weighted by Crippen LogP contribution is 2.60. The second kappa shape index (κ2) is 8.87. The highest BCUT2D eigenvalue weighted by Gasteiger charge is 2.67. The zero-order valence-electron chi connectivity index (χ0n) is 18.0. The Bertz CT molecular complexity index is 1050. The lowest BCUT2D eigenvalue weighted by Crippen LogP contribution is -2.46. The minimum absolute atomic E-state index is 0.129. The van der Waals surface area contributed by atoms with Crippen LogP contribution in [0.5, 0.6) is 5.75 Å². The number of likely N-dealkylation sites (tertiary alicyclic amines) is 1. The Morgan fingerprint density at radius 3 is 2.15 bits per heavy atom. The standard InChI is InChI=1S/C25H24Br2N2O4/c1-13(29-24(31)19-17-11-18(20(19)25(29)32)22(27)21(17)26)23(30)28-15-7-9-16(10-8-15)33-12-14-5-3-2-4-6-14/h2-10,13,17-22H,11-12H2,1H3,(H,28,30)/t13-,17-,18-,19-,20-,21+,22+/m1/s1. The SMILES string of the molecule is C[C@H](C(=O)Nc1ccc(OCc2ccccc2)cc1)N1C(=O)[C@@H]2[C@H]3C[C@@H]([C@H](Br)[C@H]3Br)[C@H]2C1=O. The minimum Gasteiger partial charge on any atom is -0.489 e. The van der Waals surface area contributed by atoms with Crippen molar-refractivity contribution in [2.75, 3.05) is 5.32 Å². The molecule has 1 saturated heterocycles. The fraction of sp³-hybridized carbons (Fsp3) is 0.400. The van der Waals surface area contributed by atoms with E-state index in [0.717, 1.165) is 12.0 Å². The quantitative estimate of drug-likeness (QED) is 0.410. The molecule has 8 heteroatoms. The maximum Gasteiger partial charge on any atom is 0.247 e. The normalized spacial score (nSPS) is 30.9. The maximum absolute atomic E-state index is 13.1. The van der Waals surface area contributed by atoms with Crippen LogP contribution in [0.4, 0.5) is 5.69 Å². The number of nitrogens with zero attached hydrogens (tertiary/aromatic N) is 1. The summed E-state index contributed by atoms with van der Waals surface area (Å²) >= 11 is 7.37. The molecule has 1 heterocycles. The van der Waals surface area contributed by atoms with E-state index >= 15 is 0 Å². The predicted octanol–water partition coefficient (Wildman–Crippen LogP) is 4.37. The number of benzene rings is 2. The number of nitrogens with one attached hydrogen (secondary N) is 1. The third-order valence-electron chi connectivity index (χ3n) is 7.16. The highest BCUT2D eigenvalue weighted by molar-refractivity contribution is 9.12. The number of amides is 3.